The Morgan fingerprint density at radius 3 is 2.77 bits per heavy atom. The summed E-state index contributed by atoms with van der Waals surface area (Å²) < 4.78 is 7.02. The zero-order chi connectivity index (χ0) is 18.8. The van der Waals surface area contributed by atoms with Crippen LogP contribution in [-0.4, -0.2) is 50.0 Å². The highest BCUT2D eigenvalue weighted by Crippen LogP contribution is 2.24. The van der Waals surface area contributed by atoms with Crippen molar-refractivity contribution in [3.63, 3.8) is 0 Å². The number of aryl methyl sites for hydroxylation is 2. The number of nitrogens with zero attached hydrogens (tertiary/aromatic N) is 4. The second-order valence-electron chi connectivity index (χ2n) is 7.61. The molecule has 142 valence electrons. The molecular formula is C19H28N4O3. The molecule has 0 aliphatic carbocycles. The molecule has 3 rings (SSSR count). The fourth-order valence-electron chi connectivity index (χ4n) is 3.55. The van der Waals surface area contributed by atoms with Crippen molar-refractivity contribution in [2.45, 2.75) is 53.2 Å². The molecular weight excluding hydrogens is 332 g/mol. The molecule has 1 fully saturated rings. The summed E-state index contributed by atoms with van der Waals surface area (Å²) in [6.07, 6.45) is 0.873. The Morgan fingerprint density at radius 1 is 1.38 bits per heavy atom. The van der Waals surface area contributed by atoms with Gasteiger partial charge in [0.15, 0.2) is 0 Å². The third kappa shape index (κ3) is 3.98. The lowest BCUT2D eigenvalue weighted by molar-refractivity contribution is 0.0752. The number of hydrogen-bond acceptors (Lipinski definition) is 5. The molecule has 2 aromatic heterocycles. The third-order valence-corrected chi connectivity index (χ3v) is 4.80. The number of hydrogen-bond donors (Lipinski definition) is 1. The van der Waals surface area contributed by atoms with Crippen LogP contribution >= 0.6 is 0 Å². The van der Waals surface area contributed by atoms with Gasteiger partial charge in [-0.05, 0) is 32.3 Å². The van der Waals surface area contributed by atoms with Crippen molar-refractivity contribution in [2.75, 3.05) is 13.1 Å². The van der Waals surface area contributed by atoms with E-state index in [2.05, 4.69) is 24.1 Å². The number of aliphatic hydroxyl groups is 1. The van der Waals surface area contributed by atoms with Crippen LogP contribution in [0.1, 0.15) is 48.4 Å². The molecule has 1 N–H and O–H groups in total. The molecule has 1 aliphatic heterocycles. The van der Waals surface area contributed by atoms with Crippen molar-refractivity contribution >= 4 is 5.91 Å². The van der Waals surface area contributed by atoms with Crippen LogP contribution in [0.4, 0.5) is 0 Å². The minimum atomic E-state index is -0.558. The first kappa shape index (κ1) is 18.6. The first-order valence-electron chi connectivity index (χ1n) is 9.33. The molecule has 3 heterocycles. The van der Waals surface area contributed by atoms with Crippen LogP contribution in [0.2, 0.25) is 0 Å². The smallest absolute Gasteiger partial charge is 0.272 e. The highest BCUT2D eigenvalue weighted by molar-refractivity contribution is 5.93. The van der Waals surface area contributed by atoms with E-state index in [1.54, 1.807) is 9.58 Å². The minimum absolute atomic E-state index is 0.0422. The molecule has 0 saturated carbocycles. The van der Waals surface area contributed by atoms with Gasteiger partial charge in [-0.1, -0.05) is 19.0 Å². The Bertz CT molecular complexity index is 765. The maximum absolute atomic E-state index is 13.0. The van der Waals surface area contributed by atoms with Crippen LogP contribution in [0.25, 0.3) is 0 Å². The van der Waals surface area contributed by atoms with Gasteiger partial charge in [0.25, 0.3) is 5.91 Å². The summed E-state index contributed by atoms with van der Waals surface area (Å²) in [7, 11) is 0. The number of β-amino-alcohol motifs (C(OH)–C–C–N with tert-alkyl or cyclic N) is 1. The summed E-state index contributed by atoms with van der Waals surface area (Å²) in [5, 5.41) is 18.8. The van der Waals surface area contributed by atoms with E-state index in [4.69, 9.17) is 4.52 Å². The van der Waals surface area contributed by atoms with Crippen LogP contribution in [0.15, 0.2) is 16.7 Å². The Hall–Kier alpha value is -2.15. The van der Waals surface area contributed by atoms with Crippen LogP contribution in [0.3, 0.4) is 0 Å². The van der Waals surface area contributed by atoms with Gasteiger partial charge in [0.05, 0.1) is 17.5 Å². The normalized spacial score (nSPS) is 20.3. The molecule has 1 saturated heterocycles. The first-order valence-corrected chi connectivity index (χ1v) is 9.33. The van der Waals surface area contributed by atoms with Gasteiger partial charge in [0.2, 0.25) is 0 Å². The Labute approximate surface area is 154 Å². The molecule has 1 amide bonds. The molecule has 2 atom stereocenters. The second kappa shape index (κ2) is 7.61. The fraction of sp³-hybridized carbons (Fsp3) is 0.632. The predicted molar refractivity (Wildman–Crippen MR) is 96.8 cm³/mol. The third-order valence-electron chi connectivity index (χ3n) is 4.80. The predicted octanol–water partition coefficient (Wildman–Crippen LogP) is 2.07. The zero-order valence-corrected chi connectivity index (χ0v) is 16.0. The van der Waals surface area contributed by atoms with Gasteiger partial charge >= 0.3 is 0 Å². The molecule has 0 bridgehead atoms. The van der Waals surface area contributed by atoms with Crippen molar-refractivity contribution in [1.82, 2.24) is 19.8 Å². The molecule has 0 spiro atoms. The van der Waals surface area contributed by atoms with Gasteiger partial charge in [-0.15, -0.1) is 0 Å². The van der Waals surface area contributed by atoms with Crippen LogP contribution in [-0.2, 0) is 19.4 Å². The summed E-state index contributed by atoms with van der Waals surface area (Å²) in [5.74, 6) is 1.13. The highest BCUT2D eigenvalue weighted by Gasteiger charge is 2.36. The summed E-state index contributed by atoms with van der Waals surface area (Å²) >= 11 is 0. The van der Waals surface area contributed by atoms with Crippen molar-refractivity contribution in [1.29, 1.82) is 0 Å². The van der Waals surface area contributed by atoms with Gasteiger partial charge in [0.1, 0.15) is 11.5 Å². The number of aliphatic hydroxyl groups excluding tert-OH is 1. The van der Waals surface area contributed by atoms with E-state index >= 15 is 0 Å². The number of amides is 1. The molecule has 1 aliphatic rings. The molecule has 0 unspecified atom stereocenters. The van der Waals surface area contributed by atoms with Crippen LogP contribution in [0, 0.1) is 18.8 Å². The summed E-state index contributed by atoms with van der Waals surface area (Å²) in [5.41, 5.74) is 2.37. The van der Waals surface area contributed by atoms with E-state index in [0.29, 0.717) is 37.7 Å². The minimum Gasteiger partial charge on any atom is -0.391 e. The van der Waals surface area contributed by atoms with Crippen molar-refractivity contribution in [3.05, 3.63) is 35.0 Å². The van der Waals surface area contributed by atoms with Gasteiger partial charge < -0.3 is 14.5 Å². The second-order valence-corrected chi connectivity index (χ2v) is 7.61. The summed E-state index contributed by atoms with van der Waals surface area (Å²) in [6.45, 7) is 9.62. The maximum atomic E-state index is 13.0. The standard InChI is InChI=1S/C19H28N4O3/c1-5-23-17(9-15(20-23)6-12(2)3)19(25)22-10-14(18(24)11-22)8-16-7-13(4)21-26-16/h7,9,12,14,18,24H,5-6,8,10-11H2,1-4H3/t14-,18-/m1/s1. The monoisotopic (exact) mass is 360 g/mol. The van der Waals surface area contributed by atoms with Crippen molar-refractivity contribution in [3.8, 4) is 0 Å². The van der Waals surface area contributed by atoms with Crippen LogP contribution in [0.5, 0.6) is 0 Å². The number of aromatic nitrogens is 3. The molecule has 7 nitrogen and oxygen atoms in total. The lowest BCUT2D eigenvalue weighted by atomic mass is 10.0. The van der Waals surface area contributed by atoms with E-state index < -0.39 is 6.10 Å². The number of carbonyl (C=O) groups is 1. The Morgan fingerprint density at radius 2 is 2.15 bits per heavy atom. The van der Waals surface area contributed by atoms with Crippen LogP contribution < -0.4 is 0 Å². The van der Waals surface area contributed by atoms with Gasteiger partial charge in [-0.2, -0.15) is 5.10 Å². The lowest BCUT2D eigenvalue weighted by Crippen LogP contribution is -2.31. The zero-order valence-electron chi connectivity index (χ0n) is 16.0. The Kier molecular flexibility index (Phi) is 5.46. The van der Waals surface area contributed by atoms with Gasteiger partial charge in [-0.3, -0.25) is 9.48 Å². The molecule has 7 heteroatoms. The fourth-order valence-corrected chi connectivity index (χ4v) is 3.55. The lowest BCUT2D eigenvalue weighted by Gasteiger charge is -2.16. The van der Waals surface area contributed by atoms with E-state index in [1.807, 2.05) is 26.0 Å². The summed E-state index contributed by atoms with van der Waals surface area (Å²) in [4.78, 5) is 14.7. The van der Waals surface area contributed by atoms with E-state index in [1.165, 1.54) is 0 Å². The van der Waals surface area contributed by atoms with E-state index in [9.17, 15) is 9.90 Å². The maximum Gasteiger partial charge on any atom is 0.272 e. The highest BCUT2D eigenvalue weighted by atomic mass is 16.5. The first-order chi connectivity index (χ1) is 12.4. The number of rotatable bonds is 6. The summed E-state index contributed by atoms with van der Waals surface area (Å²) in [6, 6.07) is 3.77. The van der Waals surface area contributed by atoms with Gasteiger partial charge in [-0.25, -0.2) is 0 Å². The van der Waals surface area contributed by atoms with Crippen molar-refractivity contribution < 1.29 is 14.4 Å². The molecule has 26 heavy (non-hydrogen) atoms. The number of carbonyl (C=O) groups excluding carboxylic acids is 1. The SMILES string of the molecule is CCn1nc(CC(C)C)cc1C(=O)N1C[C@@H](Cc2cc(C)no2)[C@H](O)C1. The Balaban J connectivity index is 1.71. The average molecular weight is 360 g/mol. The topological polar surface area (TPSA) is 84.4 Å². The number of likely N-dealkylation sites (tertiary alicyclic amines) is 1. The van der Waals surface area contributed by atoms with E-state index in [0.717, 1.165) is 23.6 Å². The molecule has 0 aromatic carbocycles. The van der Waals surface area contributed by atoms with Gasteiger partial charge in [0, 0.05) is 38.0 Å². The van der Waals surface area contributed by atoms with Crippen molar-refractivity contribution in [2.24, 2.45) is 11.8 Å². The molecule has 0 radical (unpaired) electrons. The average Bonchev–Trinajstić information content (AvgIpc) is 3.26. The largest absolute Gasteiger partial charge is 0.391 e. The quantitative estimate of drug-likeness (QED) is 0.852. The molecule has 2 aromatic rings. The van der Waals surface area contributed by atoms with E-state index in [-0.39, 0.29) is 11.8 Å².